The quantitative estimate of drug-likeness (QED) is 0.0460. The van der Waals surface area contributed by atoms with Crippen LogP contribution in [-0.2, 0) is 49.5 Å². The molecule has 1 saturated heterocycles. The Kier molecular flexibility index (Phi) is 10.7. The number of azide groups is 1. The smallest absolute Gasteiger partial charge is 0.490 e. The second-order valence-corrected chi connectivity index (χ2v) is 13.8. The number of H-pyrrole nitrogens is 1. The third kappa shape index (κ3) is 9.01. The molecule has 1 aliphatic rings. The number of ether oxygens (including phenoxy) is 3. The number of benzene rings is 1. The highest BCUT2D eigenvalue weighted by Crippen LogP contribution is 2.66. The van der Waals surface area contributed by atoms with Crippen LogP contribution < -0.4 is 16.0 Å². The Morgan fingerprint density at radius 2 is 1.93 bits per heavy atom. The van der Waals surface area contributed by atoms with Crippen LogP contribution >= 0.6 is 23.5 Å². The molecule has 2 aromatic heterocycles. The van der Waals surface area contributed by atoms with Crippen molar-refractivity contribution in [2.45, 2.75) is 38.3 Å². The van der Waals surface area contributed by atoms with Crippen LogP contribution in [0.2, 0.25) is 0 Å². The van der Waals surface area contributed by atoms with Gasteiger partial charge in [-0.1, -0.05) is 5.11 Å². The van der Waals surface area contributed by atoms with E-state index in [1.54, 1.807) is 0 Å². The predicted molar refractivity (Wildman–Crippen MR) is 153 cm³/mol. The van der Waals surface area contributed by atoms with E-state index >= 15 is 0 Å². The summed E-state index contributed by atoms with van der Waals surface area (Å²) in [5.41, 5.74) is 14.5. The molecule has 4 atom stereocenters. The van der Waals surface area contributed by atoms with Crippen molar-refractivity contribution in [2.24, 2.45) is 5.11 Å². The largest absolute Gasteiger partial charge is 0.497 e. The van der Waals surface area contributed by atoms with Gasteiger partial charge in [-0.25, -0.2) is 18.5 Å². The SMILES string of the molecule is COc1ccc(C(=O)OCc2cn([C@H]3CC[C@@H](COP(=O)(O)OP(=O)(O)OP(=O)(O)O)O3)c3nc(N)[nH]c(=O)c23)c(CN=[N+]=[N-])c1. The summed E-state index contributed by atoms with van der Waals surface area (Å²) >= 11 is 0. The van der Waals surface area contributed by atoms with E-state index in [4.69, 9.17) is 35.3 Å². The standard InChI is InChI=1S/C21H26N7O15P3/c1-38-13-2-4-15(11(6-13)7-24-27-23)20(30)39-9-12-8-28(18-17(12)19(29)26-21(22)25-18)16-5-3-14(41-16)10-40-45(34,35)43-46(36,37)42-44(31,32)33/h2,4,6,8,14,16H,3,5,7,9-10H2,1H3,(H,34,35)(H,36,37)(H2,31,32,33)(H3,22,25,26,29)/t14-,16+/m0/s1. The van der Waals surface area contributed by atoms with Crippen LogP contribution in [0.1, 0.15) is 40.6 Å². The van der Waals surface area contributed by atoms with Crippen molar-refractivity contribution in [1.82, 2.24) is 14.5 Å². The molecule has 0 amide bonds. The lowest BCUT2D eigenvalue weighted by molar-refractivity contribution is -0.0203. The van der Waals surface area contributed by atoms with Crippen LogP contribution in [-0.4, -0.2) is 59.9 Å². The van der Waals surface area contributed by atoms with Crippen molar-refractivity contribution in [3.05, 3.63) is 61.9 Å². The Bertz CT molecular complexity index is 1890. The van der Waals surface area contributed by atoms with Crippen LogP contribution in [0, 0.1) is 0 Å². The summed E-state index contributed by atoms with van der Waals surface area (Å²) in [6.07, 6.45) is 0.0826. The predicted octanol–water partition coefficient (Wildman–Crippen LogP) is 2.50. The van der Waals surface area contributed by atoms with Gasteiger partial charge < -0.3 is 44.1 Å². The number of rotatable bonds is 14. The highest BCUT2D eigenvalue weighted by Gasteiger charge is 2.41. The third-order valence-corrected chi connectivity index (χ3v) is 10.0. The zero-order valence-corrected chi connectivity index (χ0v) is 26.1. The minimum Gasteiger partial charge on any atom is -0.497 e. The maximum absolute atomic E-state index is 13.0. The summed E-state index contributed by atoms with van der Waals surface area (Å²) in [4.78, 5) is 71.4. The number of carbonyl (C=O) groups is 1. The van der Waals surface area contributed by atoms with E-state index in [1.807, 2.05) is 0 Å². The van der Waals surface area contributed by atoms with Gasteiger partial charge in [-0.2, -0.15) is 13.6 Å². The average Bonchev–Trinajstić information content (AvgIpc) is 3.56. The van der Waals surface area contributed by atoms with Gasteiger partial charge in [-0.05, 0) is 42.1 Å². The Hall–Kier alpha value is -3.61. The first-order valence-electron chi connectivity index (χ1n) is 12.7. The van der Waals surface area contributed by atoms with Crippen LogP contribution in [0.4, 0.5) is 5.95 Å². The number of aromatic nitrogens is 3. The van der Waals surface area contributed by atoms with E-state index in [9.17, 15) is 33.1 Å². The van der Waals surface area contributed by atoms with E-state index in [0.717, 1.165) is 0 Å². The van der Waals surface area contributed by atoms with Crippen molar-refractivity contribution < 1.29 is 65.4 Å². The maximum atomic E-state index is 13.0. The molecule has 3 heterocycles. The van der Waals surface area contributed by atoms with Crippen molar-refractivity contribution in [1.29, 1.82) is 0 Å². The summed E-state index contributed by atoms with van der Waals surface area (Å²) in [5.74, 6) is -0.617. The first kappa shape index (κ1) is 35.2. The summed E-state index contributed by atoms with van der Waals surface area (Å²) in [6, 6.07) is 4.44. The third-order valence-electron chi connectivity index (χ3n) is 6.21. The molecule has 1 aromatic carbocycles. The molecule has 3 aromatic rings. The molecule has 250 valence electrons. The first-order chi connectivity index (χ1) is 21.5. The van der Waals surface area contributed by atoms with Gasteiger partial charge in [0, 0.05) is 16.7 Å². The van der Waals surface area contributed by atoms with E-state index in [2.05, 4.69) is 33.1 Å². The molecule has 7 N–H and O–H groups in total. The number of hydrogen-bond donors (Lipinski definition) is 6. The minimum absolute atomic E-state index is 0.0198. The Balaban J connectivity index is 1.50. The highest BCUT2D eigenvalue weighted by molar-refractivity contribution is 7.66. The molecule has 0 saturated carbocycles. The lowest BCUT2D eigenvalue weighted by atomic mass is 10.1. The lowest BCUT2D eigenvalue weighted by Crippen LogP contribution is -2.17. The number of carbonyl (C=O) groups excluding carboxylic acids is 1. The normalized spacial score (nSPS) is 19.2. The average molecular weight is 709 g/mol. The van der Waals surface area contributed by atoms with Gasteiger partial charge in [0.1, 0.15) is 18.6 Å². The Labute approximate surface area is 257 Å². The zero-order valence-electron chi connectivity index (χ0n) is 23.4. The molecule has 4 rings (SSSR count). The molecule has 46 heavy (non-hydrogen) atoms. The van der Waals surface area contributed by atoms with Crippen LogP contribution in [0.3, 0.4) is 0 Å². The number of nitrogens with zero attached hydrogens (tertiary/aromatic N) is 5. The topological polar surface area (TPSA) is 330 Å². The fourth-order valence-corrected chi connectivity index (χ4v) is 7.48. The molecular formula is C21H26N7O15P3. The molecule has 25 heteroatoms. The number of methoxy groups -OCH3 is 1. The molecule has 1 aliphatic heterocycles. The van der Waals surface area contributed by atoms with Crippen molar-refractivity contribution in [3.63, 3.8) is 0 Å². The fourth-order valence-electron chi connectivity index (χ4n) is 4.43. The van der Waals surface area contributed by atoms with Gasteiger partial charge in [0.25, 0.3) is 5.56 Å². The van der Waals surface area contributed by atoms with Crippen LogP contribution in [0.5, 0.6) is 5.75 Å². The number of nitrogen functional groups attached to an aromatic ring is 1. The lowest BCUT2D eigenvalue weighted by Gasteiger charge is -2.19. The van der Waals surface area contributed by atoms with Crippen molar-refractivity contribution in [3.8, 4) is 5.75 Å². The molecule has 1 fully saturated rings. The summed E-state index contributed by atoms with van der Waals surface area (Å²) in [7, 11) is -15.2. The van der Waals surface area contributed by atoms with E-state index < -0.39 is 60.5 Å². The Morgan fingerprint density at radius 1 is 1.20 bits per heavy atom. The van der Waals surface area contributed by atoms with Gasteiger partial charge in [0.15, 0.2) is 5.65 Å². The number of phosphoric ester groups is 1. The maximum Gasteiger partial charge on any atom is 0.490 e. The molecular weight excluding hydrogens is 683 g/mol. The summed E-state index contributed by atoms with van der Waals surface area (Å²) < 4.78 is 64.3. The van der Waals surface area contributed by atoms with E-state index in [1.165, 1.54) is 36.1 Å². The van der Waals surface area contributed by atoms with E-state index in [0.29, 0.717) is 11.3 Å². The Morgan fingerprint density at radius 3 is 2.61 bits per heavy atom. The molecule has 22 nitrogen and oxygen atoms in total. The monoisotopic (exact) mass is 709 g/mol. The zero-order chi connectivity index (χ0) is 33.9. The van der Waals surface area contributed by atoms with Gasteiger partial charge in [-0.3, -0.25) is 14.3 Å². The van der Waals surface area contributed by atoms with E-state index in [-0.39, 0.29) is 47.5 Å². The van der Waals surface area contributed by atoms with Crippen molar-refractivity contribution in [2.75, 3.05) is 19.5 Å². The molecule has 0 spiro atoms. The number of nitrogens with two attached hydrogens (primary N) is 1. The minimum atomic E-state index is -5.70. The fraction of sp³-hybridized carbons (Fsp3) is 0.381. The number of fused-ring (bicyclic) bond motifs is 1. The number of esters is 1. The second-order valence-electron chi connectivity index (χ2n) is 9.38. The van der Waals surface area contributed by atoms with Crippen LogP contribution in [0.25, 0.3) is 21.5 Å². The van der Waals surface area contributed by atoms with Gasteiger partial charge in [-0.15, -0.1) is 0 Å². The highest BCUT2D eigenvalue weighted by atomic mass is 31.3. The number of aromatic amines is 1. The molecule has 0 radical (unpaired) electrons. The number of nitrogens with one attached hydrogen (secondary N) is 1. The summed E-state index contributed by atoms with van der Waals surface area (Å²) in [6.45, 7) is -1.26. The van der Waals surface area contributed by atoms with Crippen molar-refractivity contribution >= 4 is 46.4 Å². The first-order valence-corrected chi connectivity index (χ1v) is 17.2. The van der Waals surface area contributed by atoms with Gasteiger partial charge in [0.05, 0.1) is 37.3 Å². The molecule has 0 bridgehead atoms. The second kappa shape index (κ2) is 14.0. The number of hydrogen-bond acceptors (Lipinski definition) is 14. The molecule has 2 unspecified atom stereocenters. The van der Waals surface area contributed by atoms with Gasteiger partial charge in [0.2, 0.25) is 5.95 Å². The van der Waals surface area contributed by atoms with Gasteiger partial charge >= 0.3 is 29.4 Å². The van der Waals surface area contributed by atoms with Crippen LogP contribution in [0.15, 0.2) is 34.3 Å². The summed E-state index contributed by atoms with van der Waals surface area (Å²) in [5, 5.41) is 3.50. The molecule has 0 aliphatic carbocycles. The number of phosphoric acid groups is 3. The number of anilines is 1.